The number of hydrogen-bond acceptors (Lipinski definition) is 4. The van der Waals surface area contributed by atoms with Gasteiger partial charge in [0.05, 0.1) is 6.20 Å². The Bertz CT molecular complexity index is 309. The lowest BCUT2D eigenvalue weighted by Crippen LogP contribution is -2.28. The summed E-state index contributed by atoms with van der Waals surface area (Å²) in [4.78, 5) is 2.30. The van der Waals surface area contributed by atoms with Crippen molar-refractivity contribution in [2.45, 2.75) is 32.4 Å². The minimum absolute atomic E-state index is 0.536. The molecule has 0 bridgehead atoms. The van der Waals surface area contributed by atoms with Crippen LogP contribution < -0.4 is 10.6 Å². The molecular formula is C10H16N4. The smallest absolute Gasteiger partial charge is 0.156 e. The van der Waals surface area contributed by atoms with E-state index in [9.17, 15) is 0 Å². The van der Waals surface area contributed by atoms with E-state index < -0.39 is 0 Å². The Morgan fingerprint density at radius 3 is 2.93 bits per heavy atom. The largest absolute Gasteiger partial charge is 0.352 e. The number of nitrogens with two attached hydrogens (primary N) is 1. The van der Waals surface area contributed by atoms with Gasteiger partial charge in [0.2, 0.25) is 0 Å². The van der Waals surface area contributed by atoms with Crippen molar-refractivity contribution < 1.29 is 0 Å². The molecule has 0 radical (unpaired) electrons. The van der Waals surface area contributed by atoms with E-state index in [1.54, 1.807) is 6.20 Å². The summed E-state index contributed by atoms with van der Waals surface area (Å²) in [5.41, 5.74) is 6.76. The van der Waals surface area contributed by atoms with Crippen LogP contribution in [0.2, 0.25) is 0 Å². The SMILES string of the molecule is CCN(c1nnccc1CN)C1CC1. The Hall–Kier alpha value is -1.16. The van der Waals surface area contributed by atoms with Gasteiger partial charge in [0.25, 0.3) is 0 Å². The van der Waals surface area contributed by atoms with Crippen molar-refractivity contribution in [1.29, 1.82) is 0 Å². The maximum atomic E-state index is 5.67. The summed E-state index contributed by atoms with van der Waals surface area (Å²) < 4.78 is 0. The van der Waals surface area contributed by atoms with Crippen molar-refractivity contribution in [3.05, 3.63) is 17.8 Å². The Kier molecular flexibility index (Phi) is 2.63. The highest BCUT2D eigenvalue weighted by atomic mass is 15.3. The molecule has 1 fully saturated rings. The van der Waals surface area contributed by atoms with E-state index in [2.05, 4.69) is 22.0 Å². The van der Waals surface area contributed by atoms with E-state index in [1.165, 1.54) is 12.8 Å². The summed E-state index contributed by atoms with van der Waals surface area (Å²) in [6, 6.07) is 2.62. The summed E-state index contributed by atoms with van der Waals surface area (Å²) in [7, 11) is 0. The number of nitrogens with zero attached hydrogens (tertiary/aromatic N) is 3. The van der Waals surface area contributed by atoms with Gasteiger partial charge < -0.3 is 10.6 Å². The minimum Gasteiger partial charge on any atom is -0.352 e. The molecule has 0 atom stereocenters. The molecule has 0 spiro atoms. The van der Waals surface area contributed by atoms with E-state index in [-0.39, 0.29) is 0 Å². The lowest BCUT2D eigenvalue weighted by Gasteiger charge is -2.22. The first-order valence-corrected chi connectivity index (χ1v) is 5.14. The predicted molar refractivity (Wildman–Crippen MR) is 56.0 cm³/mol. The minimum atomic E-state index is 0.536. The fourth-order valence-corrected chi connectivity index (χ4v) is 1.72. The van der Waals surface area contributed by atoms with Gasteiger partial charge in [0, 0.05) is 24.7 Å². The third-order valence-corrected chi connectivity index (χ3v) is 2.60. The third kappa shape index (κ3) is 1.70. The quantitative estimate of drug-likeness (QED) is 0.771. The Balaban J connectivity index is 2.27. The van der Waals surface area contributed by atoms with Crippen LogP contribution in [0.1, 0.15) is 25.3 Å². The summed E-state index contributed by atoms with van der Waals surface area (Å²) in [5.74, 6) is 0.972. The first kappa shape index (κ1) is 9.40. The fourth-order valence-electron chi connectivity index (χ4n) is 1.72. The van der Waals surface area contributed by atoms with Gasteiger partial charge in [-0.25, -0.2) is 0 Å². The molecule has 2 N–H and O–H groups in total. The Morgan fingerprint density at radius 1 is 1.57 bits per heavy atom. The van der Waals surface area contributed by atoms with Gasteiger partial charge in [-0.1, -0.05) is 0 Å². The second-order valence-corrected chi connectivity index (χ2v) is 3.60. The highest BCUT2D eigenvalue weighted by molar-refractivity contribution is 5.47. The predicted octanol–water partition coefficient (Wildman–Crippen LogP) is 0.924. The zero-order valence-corrected chi connectivity index (χ0v) is 8.48. The molecule has 4 nitrogen and oxygen atoms in total. The van der Waals surface area contributed by atoms with Crippen LogP contribution in [-0.4, -0.2) is 22.8 Å². The first-order valence-electron chi connectivity index (χ1n) is 5.14. The molecule has 76 valence electrons. The van der Waals surface area contributed by atoms with Gasteiger partial charge in [-0.3, -0.25) is 0 Å². The van der Waals surface area contributed by atoms with Gasteiger partial charge in [-0.2, -0.15) is 5.10 Å². The number of hydrogen-bond donors (Lipinski definition) is 1. The van der Waals surface area contributed by atoms with E-state index in [4.69, 9.17) is 5.73 Å². The zero-order chi connectivity index (χ0) is 9.97. The second-order valence-electron chi connectivity index (χ2n) is 3.60. The van der Waals surface area contributed by atoms with Gasteiger partial charge in [0.15, 0.2) is 5.82 Å². The maximum Gasteiger partial charge on any atom is 0.156 e. The van der Waals surface area contributed by atoms with Crippen molar-refractivity contribution in [3.8, 4) is 0 Å². The monoisotopic (exact) mass is 192 g/mol. The molecule has 2 rings (SSSR count). The topological polar surface area (TPSA) is 55.0 Å². The summed E-state index contributed by atoms with van der Waals surface area (Å²) in [5, 5.41) is 8.10. The van der Waals surface area contributed by atoms with Gasteiger partial charge in [-0.15, -0.1) is 5.10 Å². The lowest BCUT2D eigenvalue weighted by atomic mass is 10.2. The van der Waals surface area contributed by atoms with Crippen molar-refractivity contribution >= 4 is 5.82 Å². The number of anilines is 1. The second kappa shape index (κ2) is 3.92. The van der Waals surface area contributed by atoms with E-state index >= 15 is 0 Å². The van der Waals surface area contributed by atoms with Crippen molar-refractivity contribution in [1.82, 2.24) is 10.2 Å². The molecule has 0 aliphatic heterocycles. The van der Waals surface area contributed by atoms with Crippen LogP contribution in [-0.2, 0) is 6.54 Å². The molecule has 0 aromatic carbocycles. The first-order chi connectivity index (χ1) is 6.86. The molecule has 0 unspecified atom stereocenters. The molecule has 0 saturated heterocycles. The van der Waals surface area contributed by atoms with Gasteiger partial charge in [-0.05, 0) is 25.8 Å². The van der Waals surface area contributed by atoms with Crippen LogP contribution in [0.3, 0.4) is 0 Å². The van der Waals surface area contributed by atoms with Crippen LogP contribution in [0.5, 0.6) is 0 Å². The highest BCUT2D eigenvalue weighted by Gasteiger charge is 2.30. The molecular weight excluding hydrogens is 176 g/mol. The van der Waals surface area contributed by atoms with Crippen molar-refractivity contribution in [2.75, 3.05) is 11.4 Å². The molecule has 0 amide bonds. The standard InChI is InChI=1S/C10H16N4/c1-2-14(9-3-4-9)10-8(7-11)5-6-12-13-10/h5-6,9H,2-4,7,11H2,1H3. The summed E-state index contributed by atoms with van der Waals surface area (Å²) in [6.07, 6.45) is 4.25. The maximum absolute atomic E-state index is 5.67. The van der Waals surface area contributed by atoms with Crippen molar-refractivity contribution in [3.63, 3.8) is 0 Å². The zero-order valence-electron chi connectivity index (χ0n) is 8.48. The molecule has 1 aromatic heterocycles. The number of rotatable bonds is 4. The van der Waals surface area contributed by atoms with Crippen LogP contribution in [0.4, 0.5) is 5.82 Å². The van der Waals surface area contributed by atoms with Gasteiger partial charge in [0.1, 0.15) is 0 Å². The summed E-state index contributed by atoms with van der Waals surface area (Å²) in [6.45, 7) is 3.66. The van der Waals surface area contributed by atoms with Crippen LogP contribution >= 0.6 is 0 Å². The van der Waals surface area contributed by atoms with Crippen LogP contribution in [0.15, 0.2) is 12.3 Å². The molecule has 4 heteroatoms. The van der Waals surface area contributed by atoms with Crippen LogP contribution in [0.25, 0.3) is 0 Å². The average Bonchev–Trinajstić information content (AvgIpc) is 3.04. The molecule has 14 heavy (non-hydrogen) atoms. The molecule has 1 aromatic rings. The molecule has 1 aliphatic carbocycles. The fraction of sp³-hybridized carbons (Fsp3) is 0.600. The average molecular weight is 192 g/mol. The van der Waals surface area contributed by atoms with Crippen LogP contribution in [0, 0.1) is 0 Å². The van der Waals surface area contributed by atoms with Crippen molar-refractivity contribution in [2.24, 2.45) is 5.73 Å². The molecule has 1 aliphatic rings. The highest BCUT2D eigenvalue weighted by Crippen LogP contribution is 2.31. The third-order valence-electron chi connectivity index (χ3n) is 2.60. The molecule has 1 heterocycles. The Morgan fingerprint density at radius 2 is 2.36 bits per heavy atom. The lowest BCUT2D eigenvalue weighted by molar-refractivity contribution is 0.778. The normalized spacial score (nSPS) is 15.6. The van der Waals surface area contributed by atoms with E-state index in [0.29, 0.717) is 12.6 Å². The van der Waals surface area contributed by atoms with E-state index in [0.717, 1.165) is 17.9 Å². The van der Waals surface area contributed by atoms with Gasteiger partial charge >= 0.3 is 0 Å². The molecule has 1 saturated carbocycles. The Labute approximate surface area is 84.1 Å². The van der Waals surface area contributed by atoms with E-state index in [1.807, 2.05) is 6.07 Å². The summed E-state index contributed by atoms with van der Waals surface area (Å²) >= 11 is 0. The number of aromatic nitrogens is 2.